The Hall–Kier alpha value is -2.57. The van der Waals surface area contributed by atoms with Gasteiger partial charge in [-0.05, 0) is 56.6 Å². The second-order valence-corrected chi connectivity index (χ2v) is 8.39. The van der Waals surface area contributed by atoms with Crippen LogP contribution in [0.15, 0.2) is 78.9 Å². The molecule has 0 aromatic heterocycles. The molecule has 27 heavy (non-hydrogen) atoms. The molecule has 0 saturated carbocycles. The van der Waals surface area contributed by atoms with Crippen molar-refractivity contribution in [1.29, 1.82) is 0 Å². The highest BCUT2D eigenvalue weighted by Gasteiger charge is 2.36. The first-order chi connectivity index (χ1) is 13.1. The van der Waals surface area contributed by atoms with Crippen LogP contribution < -0.4 is 0 Å². The van der Waals surface area contributed by atoms with Crippen molar-refractivity contribution in [2.75, 3.05) is 0 Å². The van der Waals surface area contributed by atoms with Gasteiger partial charge in [0.05, 0.1) is 0 Å². The molecule has 0 nitrogen and oxygen atoms in total. The third-order valence-corrected chi connectivity index (χ3v) is 6.32. The maximum absolute atomic E-state index is 6.39. The molecule has 1 heteroatoms. The van der Waals surface area contributed by atoms with E-state index in [0.717, 1.165) is 11.4 Å². The summed E-state index contributed by atoms with van der Waals surface area (Å²) in [4.78, 5) is 0. The topological polar surface area (TPSA) is 0 Å². The number of fused-ring (bicyclic) bond motifs is 5. The lowest BCUT2D eigenvalue weighted by atomic mass is 9.79. The molecular formula is C26H21Cl. The van der Waals surface area contributed by atoms with Gasteiger partial charge in [0.15, 0.2) is 0 Å². The summed E-state index contributed by atoms with van der Waals surface area (Å²) in [7, 11) is 0. The lowest BCUT2D eigenvalue weighted by molar-refractivity contribution is 0.665. The van der Waals surface area contributed by atoms with Gasteiger partial charge in [0, 0.05) is 10.4 Å². The molecular weight excluding hydrogens is 348 g/mol. The first-order valence-corrected chi connectivity index (χ1v) is 9.83. The molecule has 0 fully saturated rings. The van der Waals surface area contributed by atoms with E-state index in [0.29, 0.717) is 0 Å². The highest BCUT2D eigenvalue weighted by atomic mass is 35.5. The number of rotatable bonds is 2. The minimum Gasteiger partial charge on any atom is -0.0840 e. The second-order valence-electron chi connectivity index (χ2n) is 7.98. The highest BCUT2D eigenvalue weighted by Crippen LogP contribution is 2.51. The summed E-state index contributed by atoms with van der Waals surface area (Å²) in [5.41, 5.74) is 8.08. The Bertz CT molecular complexity index is 1180. The zero-order chi connectivity index (χ0) is 18.6. The van der Waals surface area contributed by atoms with Crippen LogP contribution in [0.25, 0.3) is 21.9 Å². The van der Waals surface area contributed by atoms with Crippen LogP contribution in [0, 0.1) is 0 Å². The summed E-state index contributed by atoms with van der Waals surface area (Å²) < 4.78 is 0. The van der Waals surface area contributed by atoms with Crippen LogP contribution >= 0.6 is 11.6 Å². The van der Waals surface area contributed by atoms with E-state index in [-0.39, 0.29) is 5.41 Å². The van der Waals surface area contributed by atoms with Crippen molar-refractivity contribution in [3.05, 3.63) is 106 Å². The molecule has 0 N–H and O–H groups in total. The Balaban J connectivity index is 1.66. The fraction of sp³-hybridized carbons (Fsp3) is 0.154. The zero-order valence-corrected chi connectivity index (χ0v) is 16.3. The second kappa shape index (κ2) is 5.97. The summed E-state index contributed by atoms with van der Waals surface area (Å²) >= 11 is 6.39. The monoisotopic (exact) mass is 368 g/mol. The quantitative estimate of drug-likeness (QED) is 0.346. The average Bonchev–Trinajstić information content (AvgIpc) is 2.91. The lowest BCUT2D eigenvalue weighted by Gasteiger charge is -2.23. The molecule has 5 rings (SSSR count). The van der Waals surface area contributed by atoms with Crippen LogP contribution in [0.5, 0.6) is 0 Å². The van der Waals surface area contributed by atoms with Crippen molar-refractivity contribution in [3.63, 3.8) is 0 Å². The van der Waals surface area contributed by atoms with Crippen LogP contribution in [0.3, 0.4) is 0 Å². The molecule has 0 radical (unpaired) electrons. The summed E-state index contributed by atoms with van der Waals surface area (Å²) in [6.07, 6.45) is 0.861. The molecule has 4 aromatic carbocycles. The maximum atomic E-state index is 6.39. The van der Waals surface area contributed by atoms with Crippen molar-refractivity contribution in [3.8, 4) is 11.1 Å². The van der Waals surface area contributed by atoms with Crippen LogP contribution in [0.2, 0.25) is 5.02 Å². The Morgan fingerprint density at radius 1 is 0.778 bits per heavy atom. The van der Waals surface area contributed by atoms with E-state index >= 15 is 0 Å². The van der Waals surface area contributed by atoms with Gasteiger partial charge in [0.2, 0.25) is 0 Å². The number of halogens is 1. The van der Waals surface area contributed by atoms with Crippen molar-refractivity contribution >= 4 is 22.4 Å². The average molecular weight is 369 g/mol. The predicted molar refractivity (Wildman–Crippen MR) is 116 cm³/mol. The summed E-state index contributed by atoms with van der Waals surface area (Å²) in [5.74, 6) is 0. The third-order valence-electron chi connectivity index (χ3n) is 5.95. The highest BCUT2D eigenvalue weighted by molar-refractivity contribution is 6.31. The smallest absolute Gasteiger partial charge is 0.0441 e. The number of benzene rings is 4. The normalized spacial score (nSPS) is 14.2. The van der Waals surface area contributed by atoms with Gasteiger partial charge in [0.1, 0.15) is 0 Å². The Labute approximate surface area is 165 Å². The maximum Gasteiger partial charge on any atom is 0.0441 e. The molecule has 0 amide bonds. The van der Waals surface area contributed by atoms with Gasteiger partial charge in [-0.2, -0.15) is 0 Å². The van der Waals surface area contributed by atoms with E-state index in [1.165, 1.54) is 44.2 Å². The molecule has 0 spiro atoms. The van der Waals surface area contributed by atoms with E-state index in [1.807, 2.05) is 12.1 Å². The van der Waals surface area contributed by atoms with Crippen molar-refractivity contribution in [1.82, 2.24) is 0 Å². The van der Waals surface area contributed by atoms with Crippen molar-refractivity contribution < 1.29 is 0 Å². The minimum absolute atomic E-state index is 0.0119. The van der Waals surface area contributed by atoms with Gasteiger partial charge in [-0.3, -0.25) is 0 Å². The van der Waals surface area contributed by atoms with Crippen molar-refractivity contribution in [2.45, 2.75) is 25.7 Å². The molecule has 0 unspecified atom stereocenters. The molecule has 1 aliphatic rings. The molecule has 132 valence electrons. The summed E-state index contributed by atoms with van der Waals surface area (Å²) in [5, 5.41) is 3.52. The number of hydrogen-bond donors (Lipinski definition) is 0. The molecule has 0 bridgehead atoms. The largest absolute Gasteiger partial charge is 0.0840 e. The molecule has 0 heterocycles. The van der Waals surface area contributed by atoms with Crippen molar-refractivity contribution in [2.24, 2.45) is 0 Å². The van der Waals surface area contributed by atoms with Gasteiger partial charge in [-0.1, -0.05) is 98.2 Å². The third kappa shape index (κ3) is 2.51. The van der Waals surface area contributed by atoms with Gasteiger partial charge in [-0.15, -0.1) is 0 Å². The van der Waals surface area contributed by atoms with E-state index in [1.54, 1.807) is 0 Å². The van der Waals surface area contributed by atoms with Gasteiger partial charge < -0.3 is 0 Å². The lowest BCUT2D eigenvalue weighted by Crippen LogP contribution is -2.15. The van der Waals surface area contributed by atoms with E-state index in [2.05, 4.69) is 80.6 Å². The van der Waals surface area contributed by atoms with Gasteiger partial charge in [0.25, 0.3) is 0 Å². The zero-order valence-electron chi connectivity index (χ0n) is 15.6. The van der Waals surface area contributed by atoms with E-state index in [4.69, 9.17) is 11.6 Å². The Kier molecular flexibility index (Phi) is 3.67. The standard InChI is InChI=1S/C26H21Cl/c1-26(2)23-16-17(15-19-8-4-6-10-24(19)27)11-13-21(23)22-14-12-18-7-3-5-9-20(18)25(22)26/h3-14,16H,15H2,1-2H3. The summed E-state index contributed by atoms with van der Waals surface area (Å²) in [6.45, 7) is 4.70. The van der Waals surface area contributed by atoms with Gasteiger partial charge >= 0.3 is 0 Å². The first kappa shape index (κ1) is 16.6. The van der Waals surface area contributed by atoms with Crippen LogP contribution in [0.1, 0.15) is 36.1 Å². The van der Waals surface area contributed by atoms with Gasteiger partial charge in [-0.25, -0.2) is 0 Å². The van der Waals surface area contributed by atoms with Crippen LogP contribution in [-0.4, -0.2) is 0 Å². The SMILES string of the molecule is CC1(C)c2cc(Cc3ccccc3Cl)ccc2-c2ccc3ccccc3c21. The van der Waals surface area contributed by atoms with E-state index in [9.17, 15) is 0 Å². The fourth-order valence-corrected chi connectivity index (χ4v) is 4.82. The summed E-state index contributed by atoms with van der Waals surface area (Å²) in [6, 6.07) is 28.3. The Morgan fingerprint density at radius 3 is 2.37 bits per heavy atom. The predicted octanol–water partition coefficient (Wildman–Crippen LogP) is 7.39. The Morgan fingerprint density at radius 2 is 1.52 bits per heavy atom. The fourth-order valence-electron chi connectivity index (χ4n) is 4.62. The first-order valence-electron chi connectivity index (χ1n) is 9.45. The van der Waals surface area contributed by atoms with E-state index < -0.39 is 0 Å². The molecule has 0 aliphatic heterocycles. The van der Waals surface area contributed by atoms with Crippen LogP contribution in [0.4, 0.5) is 0 Å². The molecule has 1 aliphatic carbocycles. The molecule has 4 aromatic rings. The molecule has 0 saturated heterocycles. The van der Waals surface area contributed by atoms with Crippen LogP contribution in [-0.2, 0) is 11.8 Å². The minimum atomic E-state index is -0.0119. The molecule has 0 atom stereocenters. The number of hydrogen-bond acceptors (Lipinski definition) is 0.